The normalized spacial score (nSPS) is 33.0. The lowest BCUT2D eigenvalue weighted by Crippen LogP contribution is -2.69. The van der Waals surface area contributed by atoms with Gasteiger partial charge in [0, 0.05) is 26.0 Å². The van der Waals surface area contributed by atoms with Crippen molar-refractivity contribution in [2.24, 2.45) is 0 Å². The van der Waals surface area contributed by atoms with Gasteiger partial charge in [-0.1, -0.05) is 30.3 Å². The molecule has 30 nitrogen and oxygen atoms in total. The van der Waals surface area contributed by atoms with E-state index >= 15 is 0 Å². The van der Waals surface area contributed by atoms with E-state index in [1.165, 1.54) is 87.0 Å². The van der Waals surface area contributed by atoms with Crippen LogP contribution in [0.1, 0.15) is 35.3 Å². The molecule has 11 N–H and O–H groups in total. The van der Waals surface area contributed by atoms with Crippen molar-refractivity contribution in [1.82, 2.24) is 0 Å². The van der Waals surface area contributed by atoms with Gasteiger partial charge in [-0.2, -0.15) is 0 Å². The van der Waals surface area contributed by atoms with Gasteiger partial charge in [0.25, 0.3) is 0 Å². The number of methoxy groups -OCH3 is 2. The first-order valence-corrected chi connectivity index (χ1v) is 26.1. The lowest BCUT2D eigenvalue weighted by molar-refractivity contribution is -0.421. The third-order valence-electron chi connectivity index (χ3n) is 13.7. The predicted molar refractivity (Wildman–Crippen MR) is 278 cm³/mol. The summed E-state index contributed by atoms with van der Waals surface area (Å²) in [7, 11) is 2.55. The van der Waals surface area contributed by atoms with E-state index in [1.807, 2.05) is 0 Å². The van der Waals surface area contributed by atoms with Gasteiger partial charge in [-0.05, 0) is 59.7 Å². The molecule has 0 unspecified atom stereocenters. The minimum absolute atomic E-state index is 0.00374. The molecule has 466 valence electrons. The molecule has 7 rings (SSSR count). The molecule has 19 atom stereocenters. The first-order chi connectivity index (χ1) is 40.5. The zero-order chi connectivity index (χ0) is 61.9. The van der Waals surface area contributed by atoms with Gasteiger partial charge in [-0.3, -0.25) is 9.59 Å². The zero-order valence-electron chi connectivity index (χ0n) is 45.8. The Bertz CT molecular complexity index is 2810. The number of hydrogen-bond acceptors (Lipinski definition) is 30. The molecule has 0 aromatic heterocycles. The highest BCUT2D eigenvalue weighted by Gasteiger charge is 2.64. The number of rotatable bonds is 23. The Morgan fingerprint density at radius 1 is 0.541 bits per heavy atom. The number of benzene rings is 3. The van der Waals surface area contributed by atoms with Crippen LogP contribution in [0.15, 0.2) is 78.9 Å². The fourth-order valence-electron chi connectivity index (χ4n) is 9.27. The van der Waals surface area contributed by atoms with Crippen LogP contribution in [-0.2, 0) is 76.0 Å². The molecule has 4 saturated heterocycles. The summed E-state index contributed by atoms with van der Waals surface area (Å²) in [6, 6.07) is 15.1. The van der Waals surface area contributed by atoms with Gasteiger partial charge in [-0.15, -0.1) is 0 Å². The highest BCUT2D eigenvalue weighted by atomic mass is 16.8. The Hall–Kier alpha value is -6.95. The van der Waals surface area contributed by atoms with Gasteiger partial charge in [0.2, 0.25) is 5.79 Å². The van der Waals surface area contributed by atoms with Crippen molar-refractivity contribution in [3.8, 4) is 23.0 Å². The van der Waals surface area contributed by atoms with Crippen LogP contribution in [0.2, 0.25) is 0 Å². The summed E-state index contributed by atoms with van der Waals surface area (Å²) in [6.45, 7) is -3.10. The molecule has 4 aliphatic heterocycles. The van der Waals surface area contributed by atoms with Gasteiger partial charge >= 0.3 is 29.8 Å². The molecular weight excluding hydrogens is 1140 g/mol. The molecule has 4 fully saturated rings. The van der Waals surface area contributed by atoms with Gasteiger partial charge in [0.05, 0.1) is 33.0 Å². The minimum Gasteiger partial charge on any atom is -0.504 e. The van der Waals surface area contributed by atoms with E-state index in [4.69, 9.17) is 66.3 Å². The zero-order valence-corrected chi connectivity index (χ0v) is 45.8. The van der Waals surface area contributed by atoms with Crippen molar-refractivity contribution in [2.75, 3.05) is 47.3 Å². The van der Waals surface area contributed by atoms with E-state index in [1.54, 1.807) is 6.07 Å². The Morgan fingerprint density at radius 3 is 1.59 bits per heavy atom. The first-order valence-electron chi connectivity index (χ1n) is 26.1. The van der Waals surface area contributed by atoms with E-state index in [0.29, 0.717) is 5.56 Å². The number of carbonyl (C=O) groups is 5. The van der Waals surface area contributed by atoms with Crippen LogP contribution in [0.3, 0.4) is 0 Å². The fraction of sp³-hybridized carbons (Fsp3) is 0.509. The summed E-state index contributed by atoms with van der Waals surface area (Å²) < 4.78 is 81.8. The third kappa shape index (κ3) is 15.9. The second-order valence-corrected chi connectivity index (χ2v) is 19.6. The molecule has 30 heteroatoms. The van der Waals surface area contributed by atoms with Crippen molar-refractivity contribution < 1.29 is 146 Å². The van der Waals surface area contributed by atoms with Crippen LogP contribution in [0, 0.1) is 0 Å². The number of phenols is 2. The second kappa shape index (κ2) is 29.4. The summed E-state index contributed by atoms with van der Waals surface area (Å²) in [5, 5.41) is 120. The van der Waals surface area contributed by atoms with Crippen LogP contribution < -0.4 is 9.47 Å². The monoisotopic (exact) mass is 1210 g/mol. The summed E-state index contributed by atoms with van der Waals surface area (Å²) >= 11 is 0. The van der Waals surface area contributed by atoms with Crippen molar-refractivity contribution in [1.29, 1.82) is 0 Å². The number of carbonyl (C=O) groups excluding carboxylic acids is 5. The molecule has 0 amide bonds. The number of esters is 5. The molecular formula is C55H66O30. The third-order valence-corrected chi connectivity index (χ3v) is 13.7. The SMILES string of the molecule is COc1cc(C=CC(=O)OC[C@@]2(O[C@H]3O[C@H](COC(C)=O)[C@@H](OC(=O)C=Cc4ccc(O)c(OC)c4)[C@H](O[C@@H]4O[C@H](COC(C)=O)[C@@H](O)[C@H](O)[C@H]4O)[C@H]3O[C@@H]3O[C@H](CO)[C@@H](O)[C@H](O)[C@H]3O)O[C@H](CO)[C@@H](O)[C@@H]2OC(=O)c2ccccc2)ccc1O. The van der Waals surface area contributed by atoms with E-state index in [9.17, 15) is 80.1 Å². The topological polar surface area (TPSA) is 437 Å². The molecule has 85 heavy (non-hydrogen) atoms. The molecule has 4 aliphatic rings. The van der Waals surface area contributed by atoms with Gasteiger partial charge in [0.1, 0.15) is 99.2 Å². The highest BCUT2D eigenvalue weighted by Crippen LogP contribution is 2.42. The highest BCUT2D eigenvalue weighted by molar-refractivity contribution is 5.90. The number of aliphatic hydroxyl groups is 9. The van der Waals surface area contributed by atoms with Gasteiger partial charge in [-0.25, -0.2) is 14.4 Å². The fourth-order valence-corrected chi connectivity index (χ4v) is 9.27. The summed E-state index contributed by atoms with van der Waals surface area (Å²) in [4.78, 5) is 66.6. The molecule has 0 bridgehead atoms. The number of ether oxygens (including phenoxy) is 14. The van der Waals surface area contributed by atoms with E-state index in [2.05, 4.69) is 0 Å². The molecule has 0 spiro atoms. The van der Waals surface area contributed by atoms with Crippen molar-refractivity contribution >= 4 is 42.0 Å². The maximum Gasteiger partial charge on any atom is 0.338 e. The lowest BCUT2D eigenvalue weighted by Gasteiger charge is -2.50. The van der Waals surface area contributed by atoms with Gasteiger partial charge in [0.15, 0.2) is 54.1 Å². The molecule has 0 aliphatic carbocycles. The van der Waals surface area contributed by atoms with Crippen molar-refractivity contribution in [3.63, 3.8) is 0 Å². The molecule has 3 aromatic carbocycles. The second-order valence-electron chi connectivity index (χ2n) is 19.6. The summed E-state index contributed by atoms with van der Waals surface area (Å²) in [6.07, 6.45) is -34.0. The Morgan fingerprint density at radius 2 is 1.05 bits per heavy atom. The van der Waals surface area contributed by atoms with E-state index < -0.39 is 179 Å². The molecule has 0 saturated carbocycles. The summed E-state index contributed by atoms with van der Waals surface area (Å²) in [5.41, 5.74) is 0.427. The largest absolute Gasteiger partial charge is 0.504 e. The van der Waals surface area contributed by atoms with Crippen LogP contribution in [0.5, 0.6) is 23.0 Å². The standard InChI is InChI=1S/C55H66O30/c1-25(58)74-22-36-41(65)44(68)46(70)53(78-36)81-48-47(80-39(63)17-13-28-11-15-31(61)33(19-28)73-4)37(23-75-26(2)59)79-54(49(48)82-52-45(69)43(67)40(64)34(20-56)77-52)85-55(24-76-38(62)16-12-27-10-14-30(60)32(18-27)72-3)50(42(66)35(21-57)84-55)83-51(71)29-8-6-5-7-9-29/h5-19,34-37,40-50,52-54,56-57,60-61,64-70H,20-24H2,1-4H3/t34-,35-,36-,37-,40-,41-,42-,43+,44+,45-,46-,47-,48+,49-,50+,52+,53+,54-,55+/m1/s1. The Balaban J connectivity index is 1.40. The molecule has 0 radical (unpaired) electrons. The number of phenolic OH excluding ortho intramolecular Hbond substituents is 2. The van der Waals surface area contributed by atoms with Crippen LogP contribution in [0.4, 0.5) is 0 Å². The average molecular weight is 1210 g/mol. The van der Waals surface area contributed by atoms with Crippen LogP contribution in [-0.4, -0.2) is 249 Å². The summed E-state index contributed by atoms with van der Waals surface area (Å²) in [5.74, 6) is -8.92. The number of aromatic hydroxyl groups is 2. The maximum atomic E-state index is 14.2. The number of hydrogen-bond donors (Lipinski definition) is 11. The van der Waals surface area contributed by atoms with Crippen LogP contribution in [0.25, 0.3) is 12.2 Å². The van der Waals surface area contributed by atoms with E-state index in [0.717, 1.165) is 26.0 Å². The lowest BCUT2D eigenvalue weighted by atomic mass is 9.95. The van der Waals surface area contributed by atoms with E-state index in [-0.39, 0.29) is 34.1 Å². The molecule has 3 aromatic rings. The number of aliphatic hydroxyl groups excluding tert-OH is 9. The first kappa shape index (κ1) is 65.6. The Labute approximate surface area is 483 Å². The van der Waals surface area contributed by atoms with Crippen LogP contribution >= 0.6 is 0 Å². The maximum absolute atomic E-state index is 14.2. The van der Waals surface area contributed by atoms with Gasteiger partial charge < -0.3 is 122 Å². The smallest absolute Gasteiger partial charge is 0.338 e. The minimum atomic E-state index is -2.95. The predicted octanol–water partition coefficient (Wildman–Crippen LogP) is -2.78. The Kier molecular flexibility index (Phi) is 22.7. The van der Waals surface area contributed by atoms with Crippen molar-refractivity contribution in [3.05, 3.63) is 95.6 Å². The molecule has 4 heterocycles. The quantitative estimate of drug-likeness (QED) is 0.0260. The van der Waals surface area contributed by atoms with Crippen molar-refractivity contribution in [2.45, 2.75) is 130 Å². The average Bonchev–Trinajstić information content (AvgIpc) is 2.16.